The number of benzene rings is 2. The predicted octanol–water partition coefficient (Wildman–Crippen LogP) is 5.41. The summed E-state index contributed by atoms with van der Waals surface area (Å²) in [6.45, 7) is 4.16. The van der Waals surface area contributed by atoms with Crippen LogP contribution in [-0.2, 0) is 0 Å². The molecule has 1 aromatic heterocycles. The Labute approximate surface area is 128 Å². The Kier molecular flexibility index (Phi) is 3.72. The fraction of sp³-hybridized carbons (Fsp3) is 0.105. The van der Waals surface area contributed by atoms with E-state index in [0.717, 1.165) is 21.9 Å². The van der Waals surface area contributed by atoms with E-state index in [2.05, 4.69) is 26.0 Å². The molecule has 0 aliphatic heterocycles. The van der Waals surface area contributed by atoms with E-state index in [-0.39, 0.29) is 5.78 Å². The second kappa shape index (κ2) is 5.66. The van der Waals surface area contributed by atoms with Gasteiger partial charge in [0, 0.05) is 15.3 Å². The third-order valence-corrected chi connectivity index (χ3v) is 4.51. The van der Waals surface area contributed by atoms with Crippen LogP contribution in [0.1, 0.15) is 25.7 Å². The summed E-state index contributed by atoms with van der Waals surface area (Å²) in [5.74, 6) is 0.0454. The quantitative estimate of drug-likeness (QED) is 0.465. The molecule has 0 aliphatic carbocycles. The van der Waals surface area contributed by atoms with Gasteiger partial charge >= 0.3 is 0 Å². The monoisotopic (exact) mass is 292 g/mol. The molecule has 104 valence electrons. The molecule has 1 nitrogen and oxygen atoms in total. The highest BCUT2D eigenvalue weighted by Crippen LogP contribution is 2.22. The van der Waals surface area contributed by atoms with Gasteiger partial charge in [-0.15, -0.1) is 11.3 Å². The topological polar surface area (TPSA) is 17.1 Å². The van der Waals surface area contributed by atoms with Crippen LogP contribution in [0.15, 0.2) is 54.6 Å². The van der Waals surface area contributed by atoms with Gasteiger partial charge < -0.3 is 0 Å². The van der Waals surface area contributed by atoms with Crippen LogP contribution >= 0.6 is 11.3 Å². The van der Waals surface area contributed by atoms with Crippen molar-refractivity contribution in [3.05, 3.63) is 75.5 Å². The molecule has 0 atom stereocenters. The van der Waals surface area contributed by atoms with Crippen LogP contribution in [-0.4, -0.2) is 5.78 Å². The van der Waals surface area contributed by atoms with E-state index < -0.39 is 0 Å². The van der Waals surface area contributed by atoms with Crippen molar-refractivity contribution in [1.29, 1.82) is 0 Å². The number of carbonyl (C=O) groups excluding carboxylic acids is 1. The van der Waals surface area contributed by atoms with Gasteiger partial charge in [0.1, 0.15) is 0 Å². The lowest BCUT2D eigenvalue weighted by Gasteiger charge is -2.00. The van der Waals surface area contributed by atoms with Gasteiger partial charge in [-0.05, 0) is 54.5 Å². The Morgan fingerprint density at radius 3 is 2.48 bits per heavy atom. The highest BCUT2D eigenvalue weighted by atomic mass is 32.1. The molecule has 3 aromatic rings. The minimum atomic E-state index is 0.0454. The second-order valence-corrected chi connectivity index (χ2v) is 6.59. The van der Waals surface area contributed by atoms with E-state index in [4.69, 9.17) is 0 Å². The summed E-state index contributed by atoms with van der Waals surface area (Å²) in [6.07, 6.45) is 3.58. The van der Waals surface area contributed by atoms with Crippen molar-refractivity contribution >= 4 is 34.0 Å². The van der Waals surface area contributed by atoms with Crippen LogP contribution in [0.5, 0.6) is 0 Å². The molecule has 0 saturated carbocycles. The Bertz CT molecular complexity index is 840. The number of ketones is 1. The van der Waals surface area contributed by atoms with Crippen molar-refractivity contribution in [2.45, 2.75) is 13.8 Å². The largest absolute Gasteiger partial charge is 0.289 e. The number of allylic oxidation sites excluding steroid dienone is 1. The summed E-state index contributed by atoms with van der Waals surface area (Å²) in [6, 6.07) is 16.0. The third-order valence-electron chi connectivity index (χ3n) is 3.53. The number of hydrogen-bond acceptors (Lipinski definition) is 2. The van der Waals surface area contributed by atoms with E-state index in [1.807, 2.05) is 42.5 Å². The van der Waals surface area contributed by atoms with Gasteiger partial charge in [0.15, 0.2) is 5.78 Å². The first-order valence-corrected chi connectivity index (χ1v) is 7.73. The molecule has 2 heteroatoms. The summed E-state index contributed by atoms with van der Waals surface area (Å²) in [5.41, 5.74) is 1.86. The van der Waals surface area contributed by atoms with Gasteiger partial charge in [0.2, 0.25) is 0 Å². The summed E-state index contributed by atoms with van der Waals surface area (Å²) < 4.78 is 0. The average molecular weight is 292 g/mol. The number of fused-ring (bicyclic) bond motifs is 1. The van der Waals surface area contributed by atoms with Crippen LogP contribution in [0.2, 0.25) is 0 Å². The summed E-state index contributed by atoms with van der Waals surface area (Å²) in [4.78, 5) is 14.8. The third kappa shape index (κ3) is 2.96. The number of aryl methyl sites for hydroxylation is 2. The number of hydrogen-bond donors (Lipinski definition) is 0. The van der Waals surface area contributed by atoms with E-state index in [9.17, 15) is 4.79 Å². The molecule has 0 saturated heterocycles. The van der Waals surface area contributed by atoms with Gasteiger partial charge in [-0.2, -0.15) is 0 Å². The Morgan fingerprint density at radius 2 is 1.76 bits per heavy atom. The van der Waals surface area contributed by atoms with Crippen LogP contribution in [0.4, 0.5) is 0 Å². The zero-order chi connectivity index (χ0) is 14.8. The Balaban J connectivity index is 1.88. The summed E-state index contributed by atoms with van der Waals surface area (Å²) in [5, 5.41) is 2.25. The van der Waals surface area contributed by atoms with E-state index in [1.54, 1.807) is 17.4 Å². The zero-order valence-electron chi connectivity index (χ0n) is 12.1. The van der Waals surface area contributed by atoms with Crippen molar-refractivity contribution < 1.29 is 4.79 Å². The average Bonchev–Trinajstić information content (AvgIpc) is 2.82. The van der Waals surface area contributed by atoms with E-state index in [0.29, 0.717) is 0 Å². The summed E-state index contributed by atoms with van der Waals surface area (Å²) in [7, 11) is 0. The van der Waals surface area contributed by atoms with Crippen molar-refractivity contribution in [3.63, 3.8) is 0 Å². The second-order valence-electron chi connectivity index (χ2n) is 5.13. The Morgan fingerprint density at radius 1 is 1.00 bits per heavy atom. The molecule has 0 N–H and O–H groups in total. The van der Waals surface area contributed by atoms with Crippen molar-refractivity contribution in [3.8, 4) is 0 Å². The van der Waals surface area contributed by atoms with Crippen molar-refractivity contribution in [1.82, 2.24) is 0 Å². The Hall–Kier alpha value is -2.19. The number of carbonyl (C=O) groups is 1. The van der Waals surface area contributed by atoms with Gasteiger partial charge in [-0.3, -0.25) is 4.79 Å². The van der Waals surface area contributed by atoms with Gasteiger partial charge in [0.25, 0.3) is 0 Å². The fourth-order valence-electron chi connectivity index (χ4n) is 2.42. The maximum Gasteiger partial charge on any atom is 0.185 e. The van der Waals surface area contributed by atoms with Gasteiger partial charge in [0.05, 0.1) is 0 Å². The fourth-order valence-corrected chi connectivity index (χ4v) is 3.33. The van der Waals surface area contributed by atoms with Crippen LogP contribution in [0, 0.1) is 13.8 Å². The molecule has 0 aliphatic rings. The maximum atomic E-state index is 12.3. The number of thiophene rings is 1. The molecule has 0 spiro atoms. The SMILES string of the molecule is Cc1cc(C=CC(=O)c2ccc3ccccc3c2)c(C)s1. The standard InChI is InChI=1S/C19H16OS/c1-13-11-16(14(2)21-13)9-10-19(20)18-8-7-15-5-3-4-6-17(15)12-18/h3-12H,1-2H3. The zero-order valence-corrected chi connectivity index (χ0v) is 12.9. The highest BCUT2D eigenvalue weighted by Gasteiger charge is 2.04. The molecule has 0 fully saturated rings. The molecular formula is C19H16OS. The molecule has 21 heavy (non-hydrogen) atoms. The molecule has 0 amide bonds. The van der Waals surface area contributed by atoms with Crippen molar-refractivity contribution in [2.24, 2.45) is 0 Å². The first-order chi connectivity index (χ1) is 10.1. The lowest BCUT2D eigenvalue weighted by atomic mass is 10.0. The lowest BCUT2D eigenvalue weighted by molar-refractivity contribution is 0.104. The minimum absolute atomic E-state index is 0.0454. The van der Waals surface area contributed by atoms with E-state index >= 15 is 0 Å². The minimum Gasteiger partial charge on any atom is -0.289 e. The smallest absolute Gasteiger partial charge is 0.185 e. The highest BCUT2D eigenvalue weighted by molar-refractivity contribution is 7.12. The van der Waals surface area contributed by atoms with Gasteiger partial charge in [-0.1, -0.05) is 36.4 Å². The lowest BCUT2D eigenvalue weighted by Crippen LogP contribution is -1.93. The van der Waals surface area contributed by atoms with Crippen molar-refractivity contribution in [2.75, 3.05) is 0 Å². The molecular weight excluding hydrogens is 276 g/mol. The first kappa shape index (κ1) is 13.8. The van der Waals surface area contributed by atoms with Crippen LogP contribution in [0.25, 0.3) is 16.8 Å². The molecule has 3 rings (SSSR count). The molecule has 1 heterocycles. The molecule has 0 unspecified atom stereocenters. The molecule has 0 bridgehead atoms. The number of rotatable bonds is 3. The normalized spacial score (nSPS) is 11.3. The van der Waals surface area contributed by atoms with E-state index in [1.165, 1.54) is 9.75 Å². The first-order valence-electron chi connectivity index (χ1n) is 6.92. The molecule has 0 radical (unpaired) electrons. The van der Waals surface area contributed by atoms with Gasteiger partial charge in [-0.25, -0.2) is 0 Å². The maximum absolute atomic E-state index is 12.3. The summed E-state index contributed by atoms with van der Waals surface area (Å²) >= 11 is 1.76. The van der Waals surface area contributed by atoms with Crippen LogP contribution in [0.3, 0.4) is 0 Å². The van der Waals surface area contributed by atoms with Crippen LogP contribution < -0.4 is 0 Å². The predicted molar refractivity (Wildman–Crippen MR) is 91.1 cm³/mol. The molecule has 2 aromatic carbocycles.